The van der Waals surface area contributed by atoms with Gasteiger partial charge < -0.3 is 10.4 Å². The van der Waals surface area contributed by atoms with E-state index in [1.54, 1.807) is 12.1 Å². The first kappa shape index (κ1) is 12.4. The van der Waals surface area contributed by atoms with Gasteiger partial charge in [0, 0.05) is 18.8 Å². The predicted molar refractivity (Wildman–Crippen MR) is 62.3 cm³/mol. The molecule has 0 fully saturated rings. The molecule has 2 N–H and O–H groups in total. The molecule has 4 nitrogen and oxygen atoms in total. The van der Waals surface area contributed by atoms with E-state index in [4.69, 9.17) is 5.11 Å². The molecule has 1 rings (SSSR count). The van der Waals surface area contributed by atoms with E-state index >= 15 is 0 Å². The summed E-state index contributed by atoms with van der Waals surface area (Å²) in [6, 6.07) is 3.63. The maximum Gasteiger partial charge on any atom is 0.337 e. The van der Waals surface area contributed by atoms with Crippen molar-refractivity contribution >= 4 is 5.97 Å². The summed E-state index contributed by atoms with van der Waals surface area (Å²) in [5.41, 5.74) is 1.05. The lowest BCUT2D eigenvalue weighted by Crippen LogP contribution is -2.25. The number of pyridine rings is 1. The SMILES string of the molecule is C=CCC(C)NCc1ccc(C(=O)O)cn1. The van der Waals surface area contributed by atoms with Crippen molar-refractivity contribution in [2.75, 3.05) is 0 Å². The standard InChI is InChI=1S/C12H16N2O2/c1-3-4-9(2)13-8-11-6-5-10(7-14-11)12(15)16/h3,5-7,9,13H,1,4,8H2,2H3,(H,15,16). The van der Waals surface area contributed by atoms with Gasteiger partial charge in [0.25, 0.3) is 0 Å². The molecule has 1 atom stereocenters. The van der Waals surface area contributed by atoms with Gasteiger partial charge in [0.05, 0.1) is 11.3 Å². The predicted octanol–water partition coefficient (Wildman–Crippen LogP) is 1.83. The number of hydrogen-bond donors (Lipinski definition) is 2. The van der Waals surface area contributed by atoms with E-state index in [0.717, 1.165) is 12.1 Å². The molecular weight excluding hydrogens is 204 g/mol. The molecule has 0 aliphatic carbocycles. The lowest BCUT2D eigenvalue weighted by Gasteiger charge is -2.10. The summed E-state index contributed by atoms with van der Waals surface area (Å²) < 4.78 is 0. The van der Waals surface area contributed by atoms with E-state index in [0.29, 0.717) is 12.6 Å². The van der Waals surface area contributed by atoms with Crippen LogP contribution in [0.5, 0.6) is 0 Å². The van der Waals surface area contributed by atoms with Crippen LogP contribution < -0.4 is 5.32 Å². The molecule has 0 amide bonds. The maximum absolute atomic E-state index is 10.6. The highest BCUT2D eigenvalue weighted by atomic mass is 16.4. The molecule has 0 bridgehead atoms. The zero-order valence-corrected chi connectivity index (χ0v) is 9.31. The van der Waals surface area contributed by atoms with Crippen LogP contribution in [-0.2, 0) is 6.54 Å². The molecule has 0 saturated heterocycles. The molecule has 4 heteroatoms. The van der Waals surface area contributed by atoms with Gasteiger partial charge in [-0.1, -0.05) is 6.08 Å². The summed E-state index contributed by atoms with van der Waals surface area (Å²) in [7, 11) is 0. The van der Waals surface area contributed by atoms with E-state index in [1.807, 2.05) is 6.08 Å². The van der Waals surface area contributed by atoms with Gasteiger partial charge in [0.15, 0.2) is 0 Å². The second-order valence-electron chi connectivity index (χ2n) is 3.65. The smallest absolute Gasteiger partial charge is 0.337 e. The Bertz CT molecular complexity index is 360. The van der Waals surface area contributed by atoms with Gasteiger partial charge >= 0.3 is 5.97 Å². The summed E-state index contributed by atoms with van der Waals surface area (Å²) in [6.45, 7) is 6.36. The highest BCUT2D eigenvalue weighted by molar-refractivity contribution is 5.87. The normalized spacial score (nSPS) is 12.1. The van der Waals surface area contributed by atoms with Gasteiger partial charge in [-0.3, -0.25) is 4.98 Å². The van der Waals surface area contributed by atoms with Crippen molar-refractivity contribution in [2.45, 2.75) is 25.9 Å². The Morgan fingerprint density at radius 3 is 2.94 bits per heavy atom. The summed E-state index contributed by atoms with van der Waals surface area (Å²) in [5.74, 6) is -0.952. The molecule has 0 radical (unpaired) electrons. The second-order valence-corrected chi connectivity index (χ2v) is 3.65. The molecule has 0 aliphatic heterocycles. The first-order valence-corrected chi connectivity index (χ1v) is 5.16. The number of nitrogens with one attached hydrogen (secondary N) is 1. The largest absolute Gasteiger partial charge is 0.478 e. The molecule has 0 aromatic carbocycles. The molecule has 1 aromatic heterocycles. The number of carboxylic acid groups (broad SMARTS) is 1. The number of carbonyl (C=O) groups is 1. The van der Waals surface area contributed by atoms with Crippen LogP contribution in [0.25, 0.3) is 0 Å². The third-order valence-electron chi connectivity index (χ3n) is 2.22. The third-order valence-corrected chi connectivity index (χ3v) is 2.22. The van der Waals surface area contributed by atoms with Crippen molar-refractivity contribution in [2.24, 2.45) is 0 Å². The Balaban J connectivity index is 2.49. The fraction of sp³-hybridized carbons (Fsp3) is 0.333. The second kappa shape index (κ2) is 6.02. The number of rotatable bonds is 6. The maximum atomic E-state index is 10.6. The van der Waals surface area contributed by atoms with Crippen molar-refractivity contribution in [3.63, 3.8) is 0 Å². The number of nitrogens with zero attached hydrogens (tertiary/aromatic N) is 1. The van der Waals surface area contributed by atoms with E-state index in [2.05, 4.69) is 23.8 Å². The van der Waals surface area contributed by atoms with E-state index in [9.17, 15) is 4.79 Å². The minimum Gasteiger partial charge on any atom is -0.478 e. The average Bonchev–Trinajstić information content (AvgIpc) is 2.27. The summed E-state index contributed by atoms with van der Waals surface area (Å²) in [4.78, 5) is 14.7. The highest BCUT2D eigenvalue weighted by Crippen LogP contribution is 2.01. The van der Waals surface area contributed by atoms with Crippen molar-refractivity contribution in [3.8, 4) is 0 Å². The molecule has 1 unspecified atom stereocenters. The Hall–Kier alpha value is -1.68. The van der Waals surface area contributed by atoms with Gasteiger partial charge in [-0.05, 0) is 25.5 Å². The van der Waals surface area contributed by atoms with Gasteiger partial charge in [-0.25, -0.2) is 4.79 Å². The van der Waals surface area contributed by atoms with E-state index in [1.165, 1.54) is 6.20 Å². The molecule has 1 aromatic rings. The average molecular weight is 220 g/mol. The lowest BCUT2D eigenvalue weighted by atomic mass is 10.2. The van der Waals surface area contributed by atoms with Gasteiger partial charge in [-0.15, -0.1) is 6.58 Å². The lowest BCUT2D eigenvalue weighted by molar-refractivity contribution is 0.0696. The zero-order valence-electron chi connectivity index (χ0n) is 9.31. The van der Waals surface area contributed by atoms with Crippen LogP contribution in [0, 0.1) is 0 Å². The fourth-order valence-electron chi connectivity index (χ4n) is 1.27. The summed E-state index contributed by atoms with van der Waals surface area (Å²) in [6.07, 6.45) is 4.13. The minimum atomic E-state index is -0.952. The van der Waals surface area contributed by atoms with Crippen LogP contribution in [0.4, 0.5) is 0 Å². The number of aromatic carboxylic acids is 1. The minimum absolute atomic E-state index is 0.211. The van der Waals surface area contributed by atoms with Crippen molar-refractivity contribution in [1.82, 2.24) is 10.3 Å². The van der Waals surface area contributed by atoms with Crippen LogP contribution in [0.3, 0.4) is 0 Å². The molecule has 86 valence electrons. The number of hydrogen-bond acceptors (Lipinski definition) is 3. The van der Waals surface area contributed by atoms with Gasteiger partial charge in [0.1, 0.15) is 0 Å². The Morgan fingerprint density at radius 2 is 2.44 bits per heavy atom. The summed E-state index contributed by atoms with van der Waals surface area (Å²) in [5, 5.41) is 12.0. The Morgan fingerprint density at radius 1 is 1.69 bits per heavy atom. The molecule has 0 aliphatic rings. The zero-order chi connectivity index (χ0) is 12.0. The summed E-state index contributed by atoms with van der Waals surface area (Å²) >= 11 is 0. The van der Waals surface area contributed by atoms with Crippen LogP contribution in [0.2, 0.25) is 0 Å². The van der Waals surface area contributed by atoms with Crippen molar-refractivity contribution < 1.29 is 9.90 Å². The molecule has 0 spiro atoms. The molecule has 16 heavy (non-hydrogen) atoms. The number of aromatic nitrogens is 1. The first-order valence-electron chi connectivity index (χ1n) is 5.16. The monoisotopic (exact) mass is 220 g/mol. The molecular formula is C12H16N2O2. The number of carboxylic acids is 1. The van der Waals surface area contributed by atoms with E-state index in [-0.39, 0.29) is 5.56 Å². The van der Waals surface area contributed by atoms with Crippen LogP contribution in [0.15, 0.2) is 31.0 Å². The van der Waals surface area contributed by atoms with Crippen LogP contribution in [0.1, 0.15) is 29.4 Å². The van der Waals surface area contributed by atoms with Crippen molar-refractivity contribution in [3.05, 3.63) is 42.2 Å². The quantitative estimate of drug-likeness (QED) is 0.718. The topological polar surface area (TPSA) is 62.2 Å². The Labute approximate surface area is 95.0 Å². The fourth-order valence-corrected chi connectivity index (χ4v) is 1.27. The highest BCUT2D eigenvalue weighted by Gasteiger charge is 2.03. The van der Waals surface area contributed by atoms with Crippen LogP contribution in [-0.4, -0.2) is 22.1 Å². The first-order chi connectivity index (χ1) is 7.63. The van der Waals surface area contributed by atoms with Gasteiger partial charge in [0.2, 0.25) is 0 Å². The van der Waals surface area contributed by atoms with E-state index < -0.39 is 5.97 Å². The Kier molecular flexibility index (Phi) is 4.66. The third kappa shape index (κ3) is 3.82. The molecule has 1 heterocycles. The van der Waals surface area contributed by atoms with Gasteiger partial charge in [-0.2, -0.15) is 0 Å². The van der Waals surface area contributed by atoms with Crippen molar-refractivity contribution in [1.29, 1.82) is 0 Å². The molecule has 0 saturated carbocycles. The van der Waals surface area contributed by atoms with Crippen LogP contribution >= 0.6 is 0 Å².